The number of aromatic nitrogens is 2. The van der Waals surface area contributed by atoms with E-state index in [1.54, 1.807) is 6.20 Å². The molecular weight excluding hydrogens is 264 g/mol. The van der Waals surface area contributed by atoms with Crippen LogP contribution in [0, 0.1) is 5.92 Å². The molecule has 1 aromatic rings. The van der Waals surface area contributed by atoms with Gasteiger partial charge in [0, 0.05) is 19.1 Å². The molecule has 0 radical (unpaired) electrons. The quantitative estimate of drug-likeness (QED) is 0.914. The van der Waals surface area contributed by atoms with Crippen molar-refractivity contribution in [2.24, 2.45) is 5.92 Å². The normalized spacial score (nSPS) is 20.2. The van der Waals surface area contributed by atoms with Crippen LogP contribution in [0.5, 0.6) is 0 Å². The van der Waals surface area contributed by atoms with Gasteiger partial charge in [0.05, 0.1) is 11.9 Å². The molecular formula is C13H21ClN4O. The van der Waals surface area contributed by atoms with Crippen molar-refractivity contribution in [3.05, 3.63) is 21.6 Å². The van der Waals surface area contributed by atoms with Crippen LogP contribution in [-0.4, -0.2) is 40.9 Å². The van der Waals surface area contributed by atoms with Crippen molar-refractivity contribution in [3.8, 4) is 0 Å². The molecule has 1 aliphatic rings. The zero-order chi connectivity index (χ0) is 14.0. The molecule has 2 heterocycles. The van der Waals surface area contributed by atoms with E-state index < -0.39 is 0 Å². The van der Waals surface area contributed by atoms with Crippen LogP contribution < -0.4 is 10.9 Å². The van der Waals surface area contributed by atoms with Gasteiger partial charge in [-0.05, 0) is 25.9 Å². The number of nitrogens with one attached hydrogen (secondary N) is 1. The predicted molar refractivity (Wildman–Crippen MR) is 77.9 cm³/mol. The number of likely N-dealkylation sites (tertiary alicyclic amines) is 1. The Morgan fingerprint density at radius 2 is 2.32 bits per heavy atom. The third kappa shape index (κ3) is 3.48. The second-order valence-electron chi connectivity index (χ2n) is 5.65. The Morgan fingerprint density at radius 1 is 1.58 bits per heavy atom. The van der Waals surface area contributed by atoms with Crippen LogP contribution in [0.15, 0.2) is 11.0 Å². The van der Waals surface area contributed by atoms with Gasteiger partial charge in [0.25, 0.3) is 5.56 Å². The number of nitrogens with zero attached hydrogens (tertiary/aromatic N) is 3. The molecule has 1 saturated heterocycles. The van der Waals surface area contributed by atoms with Gasteiger partial charge in [0.2, 0.25) is 0 Å². The lowest BCUT2D eigenvalue weighted by Crippen LogP contribution is -2.29. The van der Waals surface area contributed by atoms with Gasteiger partial charge < -0.3 is 10.2 Å². The Balaban J connectivity index is 2.14. The lowest BCUT2D eigenvalue weighted by atomic mass is 10.2. The first-order valence-corrected chi connectivity index (χ1v) is 7.06. The molecule has 6 heteroatoms. The predicted octanol–water partition coefficient (Wildman–Crippen LogP) is 1.67. The van der Waals surface area contributed by atoms with Crippen molar-refractivity contribution >= 4 is 17.3 Å². The van der Waals surface area contributed by atoms with E-state index in [4.69, 9.17) is 11.6 Å². The Labute approximate surface area is 118 Å². The maximum Gasteiger partial charge on any atom is 0.287 e. The molecule has 0 amide bonds. The van der Waals surface area contributed by atoms with E-state index in [2.05, 4.69) is 22.4 Å². The molecule has 0 saturated carbocycles. The number of likely N-dealkylation sites (N-methyl/N-ethyl adjacent to an activating group) is 1. The van der Waals surface area contributed by atoms with E-state index in [0.29, 0.717) is 24.2 Å². The molecule has 106 valence electrons. The summed E-state index contributed by atoms with van der Waals surface area (Å²) < 4.78 is 1.43. The molecule has 1 atom stereocenters. The summed E-state index contributed by atoms with van der Waals surface area (Å²) in [5.41, 5.74) is 0.429. The fourth-order valence-corrected chi connectivity index (χ4v) is 2.52. The van der Waals surface area contributed by atoms with E-state index in [-0.39, 0.29) is 10.6 Å². The van der Waals surface area contributed by atoms with Gasteiger partial charge in [-0.3, -0.25) is 4.79 Å². The van der Waals surface area contributed by atoms with Crippen molar-refractivity contribution in [2.45, 2.75) is 32.9 Å². The zero-order valence-corrected chi connectivity index (χ0v) is 12.4. The first-order chi connectivity index (χ1) is 8.97. The Hall–Kier alpha value is -1.07. The average molecular weight is 285 g/mol. The lowest BCUT2D eigenvalue weighted by molar-refractivity contribution is 0.414. The third-order valence-electron chi connectivity index (χ3n) is 3.27. The fraction of sp³-hybridized carbons (Fsp3) is 0.692. The van der Waals surface area contributed by atoms with Gasteiger partial charge in [-0.1, -0.05) is 25.4 Å². The van der Waals surface area contributed by atoms with Crippen molar-refractivity contribution < 1.29 is 0 Å². The summed E-state index contributed by atoms with van der Waals surface area (Å²) in [6, 6.07) is 0.338. The van der Waals surface area contributed by atoms with Gasteiger partial charge in [-0.15, -0.1) is 0 Å². The second kappa shape index (κ2) is 5.92. The largest absolute Gasteiger partial charge is 0.378 e. The minimum absolute atomic E-state index is 0.216. The molecule has 5 nitrogen and oxygen atoms in total. The zero-order valence-electron chi connectivity index (χ0n) is 11.7. The SMILES string of the molecule is CC(C)Cn1ncc(NC2CCN(C)C2)c(Cl)c1=O. The Morgan fingerprint density at radius 3 is 2.89 bits per heavy atom. The standard InChI is InChI=1S/C13H21ClN4O/c1-9(2)7-18-13(19)12(14)11(6-15-18)16-10-4-5-17(3)8-10/h6,9-10,16H,4-5,7-8H2,1-3H3. The first-order valence-electron chi connectivity index (χ1n) is 6.68. The van der Waals surface area contributed by atoms with E-state index in [1.165, 1.54) is 4.68 Å². The molecule has 1 unspecified atom stereocenters. The van der Waals surface area contributed by atoms with E-state index >= 15 is 0 Å². The molecule has 2 rings (SSSR count). The van der Waals surface area contributed by atoms with Crippen LogP contribution in [-0.2, 0) is 6.54 Å². The molecule has 1 fully saturated rings. The van der Waals surface area contributed by atoms with Crippen molar-refractivity contribution in [3.63, 3.8) is 0 Å². The Bertz CT molecular complexity index is 500. The minimum Gasteiger partial charge on any atom is -0.378 e. The van der Waals surface area contributed by atoms with Gasteiger partial charge in [-0.2, -0.15) is 5.10 Å². The monoisotopic (exact) mass is 284 g/mol. The molecule has 0 spiro atoms. The maximum absolute atomic E-state index is 12.1. The highest BCUT2D eigenvalue weighted by molar-refractivity contribution is 6.32. The maximum atomic E-state index is 12.1. The van der Waals surface area contributed by atoms with Crippen LogP contribution in [0.1, 0.15) is 20.3 Å². The topological polar surface area (TPSA) is 50.2 Å². The minimum atomic E-state index is -0.216. The summed E-state index contributed by atoms with van der Waals surface area (Å²) in [6.07, 6.45) is 2.71. The summed E-state index contributed by atoms with van der Waals surface area (Å²) in [6.45, 7) is 6.70. The summed E-state index contributed by atoms with van der Waals surface area (Å²) in [4.78, 5) is 14.3. The molecule has 19 heavy (non-hydrogen) atoms. The van der Waals surface area contributed by atoms with Gasteiger partial charge >= 0.3 is 0 Å². The van der Waals surface area contributed by atoms with Gasteiger partial charge in [0.1, 0.15) is 5.02 Å². The molecule has 1 aliphatic heterocycles. The summed E-state index contributed by atoms with van der Waals surface area (Å²) in [5, 5.41) is 7.74. The number of rotatable bonds is 4. The van der Waals surface area contributed by atoms with Crippen molar-refractivity contribution in [1.82, 2.24) is 14.7 Å². The van der Waals surface area contributed by atoms with Crippen LogP contribution in [0.3, 0.4) is 0 Å². The van der Waals surface area contributed by atoms with Crippen molar-refractivity contribution in [2.75, 3.05) is 25.5 Å². The van der Waals surface area contributed by atoms with E-state index in [9.17, 15) is 4.79 Å². The summed E-state index contributed by atoms with van der Waals surface area (Å²) in [7, 11) is 2.09. The molecule has 0 bridgehead atoms. The molecule has 1 N–H and O–H groups in total. The molecule has 1 aromatic heterocycles. The van der Waals surface area contributed by atoms with Crippen LogP contribution in [0.25, 0.3) is 0 Å². The molecule has 0 aliphatic carbocycles. The lowest BCUT2D eigenvalue weighted by Gasteiger charge is -2.16. The number of anilines is 1. The highest BCUT2D eigenvalue weighted by atomic mass is 35.5. The summed E-state index contributed by atoms with van der Waals surface area (Å²) in [5.74, 6) is 0.364. The number of hydrogen-bond donors (Lipinski definition) is 1. The van der Waals surface area contributed by atoms with Crippen LogP contribution in [0.4, 0.5) is 5.69 Å². The highest BCUT2D eigenvalue weighted by Gasteiger charge is 2.21. The fourth-order valence-electron chi connectivity index (χ4n) is 2.31. The number of halogens is 1. The van der Waals surface area contributed by atoms with E-state index in [1.807, 2.05) is 13.8 Å². The first kappa shape index (κ1) is 14.3. The van der Waals surface area contributed by atoms with E-state index in [0.717, 1.165) is 19.5 Å². The average Bonchev–Trinajstić information content (AvgIpc) is 2.74. The third-order valence-corrected chi connectivity index (χ3v) is 3.64. The van der Waals surface area contributed by atoms with Gasteiger partial charge in [0.15, 0.2) is 0 Å². The van der Waals surface area contributed by atoms with Crippen LogP contribution >= 0.6 is 11.6 Å². The summed E-state index contributed by atoms with van der Waals surface area (Å²) >= 11 is 6.15. The number of hydrogen-bond acceptors (Lipinski definition) is 4. The smallest absolute Gasteiger partial charge is 0.287 e. The molecule has 0 aromatic carbocycles. The second-order valence-corrected chi connectivity index (χ2v) is 6.02. The highest BCUT2D eigenvalue weighted by Crippen LogP contribution is 2.19. The van der Waals surface area contributed by atoms with Gasteiger partial charge in [-0.25, -0.2) is 4.68 Å². The van der Waals surface area contributed by atoms with Crippen LogP contribution in [0.2, 0.25) is 5.02 Å². The van der Waals surface area contributed by atoms with Crippen molar-refractivity contribution in [1.29, 1.82) is 0 Å². The Kier molecular flexibility index (Phi) is 4.47.